The van der Waals surface area contributed by atoms with E-state index in [2.05, 4.69) is 22.2 Å². The first-order valence-corrected chi connectivity index (χ1v) is 8.21. The highest BCUT2D eigenvalue weighted by molar-refractivity contribution is 6.34. The molecule has 0 saturated carbocycles. The van der Waals surface area contributed by atoms with Crippen molar-refractivity contribution in [1.29, 1.82) is 0 Å². The molecule has 1 fully saturated rings. The van der Waals surface area contributed by atoms with Crippen molar-refractivity contribution in [3.63, 3.8) is 0 Å². The summed E-state index contributed by atoms with van der Waals surface area (Å²) >= 11 is 6.39. The molecule has 1 saturated heterocycles. The van der Waals surface area contributed by atoms with Crippen molar-refractivity contribution >= 4 is 28.9 Å². The summed E-state index contributed by atoms with van der Waals surface area (Å²) in [6.45, 7) is 3.58. The van der Waals surface area contributed by atoms with E-state index in [0.29, 0.717) is 16.3 Å². The van der Waals surface area contributed by atoms with E-state index >= 15 is 0 Å². The third kappa shape index (κ3) is 3.68. The van der Waals surface area contributed by atoms with Gasteiger partial charge in [-0.2, -0.15) is 0 Å². The zero-order chi connectivity index (χ0) is 17.1. The summed E-state index contributed by atoms with van der Waals surface area (Å²) in [6.07, 6.45) is 0. The molecule has 1 amide bonds. The maximum atomic E-state index is 13.0. The number of anilines is 2. The van der Waals surface area contributed by atoms with Gasteiger partial charge in [-0.3, -0.25) is 4.79 Å². The molecular formula is C18H19ClFN3O. The summed E-state index contributed by atoms with van der Waals surface area (Å²) in [5.41, 5.74) is 1.91. The van der Waals surface area contributed by atoms with Gasteiger partial charge in [0.2, 0.25) is 0 Å². The number of likely N-dealkylation sites (N-methyl/N-ethyl adjacent to an activating group) is 1. The molecule has 1 N–H and O–H groups in total. The normalized spacial score (nSPS) is 15.4. The van der Waals surface area contributed by atoms with Gasteiger partial charge in [0, 0.05) is 31.7 Å². The number of piperazine rings is 1. The van der Waals surface area contributed by atoms with Crippen molar-refractivity contribution in [2.75, 3.05) is 43.4 Å². The Morgan fingerprint density at radius 2 is 1.75 bits per heavy atom. The van der Waals surface area contributed by atoms with Crippen LogP contribution in [0.3, 0.4) is 0 Å². The van der Waals surface area contributed by atoms with Crippen molar-refractivity contribution in [2.45, 2.75) is 0 Å². The van der Waals surface area contributed by atoms with E-state index in [0.717, 1.165) is 31.9 Å². The van der Waals surface area contributed by atoms with E-state index in [9.17, 15) is 9.18 Å². The maximum Gasteiger partial charge on any atom is 0.255 e. The van der Waals surface area contributed by atoms with Crippen LogP contribution in [0.15, 0.2) is 42.5 Å². The molecule has 6 heteroatoms. The topological polar surface area (TPSA) is 35.6 Å². The van der Waals surface area contributed by atoms with Crippen molar-refractivity contribution in [3.05, 3.63) is 58.9 Å². The first-order chi connectivity index (χ1) is 11.5. The summed E-state index contributed by atoms with van der Waals surface area (Å²) in [6, 6.07) is 10.9. The standard InChI is InChI=1S/C18H19ClFN3O/c1-22-9-11-23(12-10-22)17-15(19)3-2-4-16(17)21-18(24)13-5-7-14(20)8-6-13/h2-8H,9-12H2,1H3,(H,21,24). The van der Waals surface area contributed by atoms with E-state index in [-0.39, 0.29) is 11.7 Å². The van der Waals surface area contributed by atoms with Gasteiger partial charge in [0.25, 0.3) is 5.91 Å². The maximum absolute atomic E-state index is 13.0. The fourth-order valence-corrected chi connectivity index (χ4v) is 3.06. The fraction of sp³-hybridized carbons (Fsp3) is 0.278. The number of para-hydroxylation sites is 1. The number of carbonyl (C=O) groups is 1. The molecule has 3 rings (SSSR count). The molecule has 2 aromatic rings. The lowest BCUT2D eigenvalue weighted by Gasteiger charge is -2.35. The second-order valence-electron chi connectivity index (χ2n) is 5.89. The molecule has 0 atom stereocenters. The second kappa shape index (κ2) is 7.20. The Hall–Kier alpha value is -2.11. The van der Waals surface area contributed by atoms with Gasteiger partial charge in [-0.25, -0.2) is 4.39 Å². The molecule has 0 bridgehead atoms. The Labute approximate surface area is 145 Å². The lowest BCUT2D eigenvalue weighted by atomic mass is 10.1. The minimum atomic E-state index is -0.368. The highest BCUT2D eigenvalue weighted by Crippen LogP contribution is 2.34. The molecule has 1 aliphatic rings. The molecule has 0 aliphatic carbocycles. The van der Waals surface area contributed by atoms with E-state index in [4.69, 9.17) is 11.6 Å². The zero-order valence-corrected chi connectivity index (χ0v) is 14.2. The number of carbonyl (C=O) groups excluding carboxylic acids is 1. The quantitative estimate of drug-likeness (QED) is 0.923. The second-order valence-corrected chi connectivity index (χ2v) is 6.29. The number of nitrogens with one attached hydrogen (secondary N) is 1. The predicted octanol–water partition coefficient (Wildman–Crippen LogP) is 3.48. The van der Waals surface area contributed by atoms with Crippen LogP contribution in [0.5, 0.6) is 0 Å². The van der Waals surface area contributed by atoms with E-state index in [1.54, 1.807) is 0 Å². The first-order valence-electron chi connectivity index (χ1n) is 7.83. The minimum absolute atomic E-state index is 0.285. The SMILES string of the molecule is CN1CCN(c2c(Cl)cccc2NC(=O)c2ccc(F)cc2)CC1. The van der Waals surface area contributed by atoms with Crippen LogP contribution in [0, 0.1) is 5.82 Å². The lowest BCUT2D eigenvalue weighted by molar-refractivity contribution is 0.102. The molecule has 24 heavy (non-hydrogen) atoms. The van der Waals surface area contributed by atoms with Crippen LogP contribution in [0.1, 0.15) is 10.4 Å². The van der Waals surface area contributed by atoms with E-state index < -0.39 is 0 Å². The molecule has 126 valence electrons. The lowest BCUT2D eigenvalue weighted by Crippen LogP contribution is -2.44. The number of hydrogen-bond acceptors (Lipinski definition) is 3. The molecule has 2 aromatic carbocycles. The zero-order valence-electron chi connectivity index (χ0n) is 13.4. The van der Waals surface area contributed by atoms with Gasteiger partial charge < -0.3 is 15.1 Å². The van der Waals surface area contributed by atoms with Gasteiger partial charge in [0.15, 0.2) is 0 Å². The number of halogens is 2. The van der Waals surface area contributed by atoms with E-state index in [1.165, 1.54) is 24.3 Å². The third-order valence-corrected chi connectivity index (χ3v) is 4.47. The first kappa shape index (κ1) is 16.7. The Balaban J connectivity index is 1.84. The van der Waals surface area contributed by atoms with Gasteiger partial charge in [-0.15, -0.1) is 0 Å². The van der Waals surface area contributed by atoms with Crippen molar-refractivity contribution in [2.24, 2.45) is 0 Å². The Bertz CT molecular complexity index is 728. The molecule has 0 unspecified atom stereocenters. The molecule has 0 aromatic heterocycles. The number of hydrogen-bond donors (Lipinski definition) is 1. The summed E-state index contributed by atoms with van der Waals surface area (Å²) < 4.78 is 13.0. The molecular weight excluding hydrogens is 329 g/mol. The van der Waals surface area contributed by atoms with Crippen LogP contribution in [-0.4, -0.2) is 44.0 Å². The fourth-order valence-electron chi connectivity index (χ4n) is 2.76. The van der Waals surface area contributed by atoms with Crippen molar-refractivity contribution < 1.29 is 9.18 Å². The molecule has 1 aliphatic heterocycles. The Morgan fingerprint density at radius 1 is 1.08 bits per heavy atom. The van der Waals surface area contributed by atoms with Gasteiger partial charge in [0.05, 0.1) is 16.4 Å². The van der Waals surface area contributed by atoms with Crippen LogP contribution in [-0.2, 0) is 0 Å². The summed E-state index contributed by atoms with van der Waals surface area (Å²) in [4.78, 5) is 16.9. The summed E-state index contributed by atoms with van der Waals surface area (Å²) in [7, 11) is 2.08. The van der Waals surface area contributed by atoms with Gasteiger partial charge in [-0.1, -0.05) is 17.7 Å². The molecule has 1 heterocycles. The van der Waals surface area contributed by atoms with Crippen LogP contribution < -0.4 is 10.2 Å². The number of nitrogens with zero attached hydrogens (tertiary/aromatic N) is 2. The average molecular weight is 348 g/mol. The van der Waals surface area contributed by atoms with Crippen LogP contribution >= 0.6 is 11.6 Å². The summed E-state index contributed by atoms with van der Waals surface area (Å²) in [5.74, 6) is -0.653. The smallest absolute Gasteiger partial charge is 0.255 e. The van der Waals surface area contributed by atoms with E-state index in [1.807, 2.05) is 18.2 Å². The number of benzene rings is 2. The number of rotatable bonds is 3. The van der Waals surface area contributed by atoms with Crippen LogP contribution in [0.25, 0.3) is 0 Å². The van der Waals surface area contributed by atoms with Gasteiger partial charge in [0.1, 0.15) is 5.82 Å². The molecule has 4 nitrogen and oxygen atoms in total. The van der Waals surface area contributed by atoms with Gasteiger partial charge in [-0.05, 0) is 43.4 Å². The van der Waals surface area contributed by atoms with Crippen LogP contribution in [0.2, 0.25) is 5.02 Å². The minimum Gasteiger partial charge on any atom is -0.366 e. The van der Waals surface area contributed by atoms with Gasteiger partial charge >= 0.3 is 0 Å². The average Bonchev–Trinajstić information content (AvgIpc) is 2.57. The Morgan fingerprint density at radius 3 is 2.42 bits per heavy atom. The third-order valence-electron chi connectivity index (χ3n) is 4.16. The highest BCUT2D eigenvalue weighted by atomic mass is 35.5. The largest absolute Gasteiger partial charge is 0.366 e. The highest BCUT2D eigenvalue weighted by Gasteiger charge is 2.20. The Kier molecular flexibility index (Phi) is 5.02. The predicted molar refractivity (Wildman–Crippen MR) is 95.5 cm³/mol. The monoisotopic (exact) mass is 347 g/mol. The molecule has 0 spiro atoms. The van der Waals surface area contributed by atoms with Crippen molar-refractivity contribution in [1.82, 2.24) is 4.90 Å². The summed E-state index contributed by atoms with van der Waals surface area (Å²) in [5, 5.41) is 3.50. The molecule has 0 radical (unpaired) electrons. The van der Waals surface area contributed by atoms with Crippen LogP contribution in [0.4, 0.5) is 15.8 Å². The number of amides is 1. The van der Waals surface area contributed by atoms with Crippen molar-refractivity contribution in [3.8, 4) is 0 Å².